The first kappa shape index (κ1) is 18.0. The topological polar surface area (TPSA) is 116 Å². The van der Waals surface area contributed by atoms with Crippen molar-refractivity contribution in [2.75, 3.05) is 0 Å². The van der Waals surface area contributed by atoms with Crippen molar-refractivity contribution in [3.63, 3.8) is 0 Å². The van der Waals surface area contributed by atoms with Crippen molar-refractivity contribution >= 4 is 23.3 Å². The summed E-state index contributed by atoms with van der Waals surface area (Å²) in [6.45, 7) is 0. The molecule has 1 aliphatic heterocycles. The Morgan fingerprint density at radius 3 is 2.52 bits per heavy atom. The molecule has 0 unspecified atom stereocenters. The molecule has 8 nitrogen and oxygen atoms in total. The largest absolute Gasteiger partial charge is 0.545 e. The van der Waals surface area contributed by atoms with Gasteiger partial charge in [-0.15, -0.1) is 0 Å². The Morgan fingerprint density at radius 1 is 1.11 bits per heavy atom. The number of nitro groups is 1. The highest BCUT2D eigenvalue weighted by atomic mass is 16.6. The van der Waals surface area contributed by atoms with E-state index in [1.807, 2.05) is 30.3 Å². The van der Waals surface area contributed by atoms with E-state index >= 15 is 0 Å². The van der Waals surface area contributed by atoms with Gasteiger partial charge in [0.05, 0.1) is 22.6 Å². The first-order valence-corrected chi connectivity index (χ1v) is 8.05. The summed E-state index contributed by atoms with van der Waals surface area (Å²) in [7, 11) is 0. The fourth-order valence-electron chi connectivity index (χ4n) is 2.84. The molecule has 0 aliphatic carbocycles. The summed E-state index contributed by atoms with van der Waals surface area (Å²) in [5.74, 6) is -2.10. The van der Waals surface area contributed by atoms with Gasteiger partial charge < -0.3 is 9.90 Å². The Labute approximate surface area is 154 Å². The SMILES string of the molecule is O=C([O-])/C=C/C(=O)N1N=C(c2cccc([N+](=O)[O-])c2)C[C@H]1c1ccccc1. The van der Waals surface area contributed by atoms with Crippen LogP contribution in [0.25, 0.3) is 0 Å². The molecule has 0 saturated heterocycles. The molecule has 1 amide bonds. The van der Waals surface area contributed by atoms with Crippen molar-refractivity contribution in [2.45, 2.75) is 12.5 Å². The van der Waals surface area contributed by atoms with Crippen LogP contribution in [0.1, 0.15) is 23.6 Å². The molecule has 0 N–H and O–H groups in total. The minimum Gasteiger partial charge on any atom is -0.545 e. The second-order valence-electron chi connectivity index (χ2n) is 5.82. The molecule has 3 rings (SSSR count). The van der Waals surface area contributed by atoms with E-state index in [1.54, 1.807) is 12.1 Å². The number of carboxylic acid groups (broad SMARTS) is 1. The van der Waals surface area contributed by atoms with E-state index in [-0.39, 0.29) is 5.69 Å². The van der Waals surface area contributed by atoms with Crippen molar-refractivity contribution in [3.05, 3.63) is 88.0 Å². The lowest BCUT2D eigenvalue weighted by molar-refractivity contribution is -0.384. The molecule has 1 atom stereocenters. The molecule has 0 fully saturated rings. The minimum atomic E-state index is -1.48. The molecule has 2 aromatic rings. The number of nitro benzene ring substituents is 1. The van der Waals surface area contributed by atoms with Crippen LogP contribution >= 0.6 is 0 Å². The zero-order valence-corrected chi connectivity index (χ0v) is 14.0. The van der Waals surface area contributed by atoms with Crippen molar-refractivity contribution in [1.29, 1.82) is 0 Å². The standard InChI is InChI=1S/C19H15N3O5/c23-18(9-10-19(24)25)21-17(13-5-2-1-3-6-13)12-16(20-21)14-7-4-8-15(11-14)22(26)27/h1-11,17H,12H2,(H,24,25)/p-1/b10-9+/t17-/m0/s1. The molecule has 1 heterocycles. The number of rotatable bonds is 5. The number of hydrazone groups is 1. The van der Waals surface area contributed by atoms with Gasteiger partial charge in [0.2, 0.25) is 0 Å². The number of nitrogens with zero attached hydrogens (tertiary/aromatic N) is 3. The minimum absolute atomic E-state index is 0.0758. The first-order chi connectivity index (χ1) is 13.0. The van der Waals surface area contributed by atoms with Gasteiger partial charge in [-0.1, -0.05) is 42.5 Å². The summed E-state index contributed by atoms with van der Waals surface area (Å²) >= 11 is 0. The van der Waals surface area contributed by atoms with Gasteiger partial charge in [-0.3, -0.25) is 14.9 Å². The maximum absolute atomic E-state index is 12.4. The van der Waals surface area contributed by atoms with E-state index in [4.69, 9.17) is 0 Å². The highest BCUT2D eigenvalue weighted by Crippen LogP contribution is 2.33. The summed E-state index contributed by atoms with van der Waals surface area (Å²) in [5, 5.41) is 27.1. The van der Waals surface area contributed by atoms with Gasteiger partial charge in [-0.05, 0) is 11.6 Å². The molecule has 1 aliphatic rings. The van der Waals surface area contributed by atoms with Crippen LogP contribution in [-0.4, -0.2) is 27.5 Å². The number of amides is 1. The number of hydrogen-bond acceptors (Lipinski definition) is 6. The van der Waals surface area contributed by atoms with E-state index in [9.17, 15) is 24.8 Å². The summed E-state index contributed by atoms with van der Waals surface area (Å²) in [5.41, 5.74) is 1.78. The molecular weight excluding hydrogens is 350 g/mol. The normalized spacial score (nSPS) is 16.4. The van der Waals surface area contributed by atoms with E-state index < -0.39 is 22.8 Å². The molecule has 0 bridgehead atoms. The predicted octanol–water partition coefficient (Wildman–Crippen LogP) is 1.58. The lowest BCUT2D eigenvalue weighted by Crippen LogP contribution is -2.26. The van der Waals surface area contributed by atoms with Crippen molar-refractivity contribution < 1.29 is 19.6 Å². The number of non-ortho nitro benzene ring substituents is 1. The Morgan fingerprint density at radius 2 is 1.85 bits per heavy atom. The Kier molecular flexibility index (Phi) is 5.07. The van der Waals surface area contributed by atoms with Crippen LogP contribution < -0.4 is 5.11 Å². The van der Waals surface area contributed by atoms with Gasteiger partial charge >= 0.3 is 0 Å². The molecule has 8 heteroatoms. The second-order valence-corrected chi connectivity index (χ2v) is 5.82. The molecule has 136 valence electrons. The van der Waals surface area contributed by atoms with Crippen molar-refractivity contribution in [3.8, 4) is 0 Å². The zero-order chi connectivity index (χ0) is 19.4. The van der Waals surface area contributed by atoms with Crippen LogP contribution in [0.2, 0.25) is 0 Å². The highest BCUT2D eigenvalue weighted by molar-refractivity contribution is 6.04. The third kappa shape index (κ3) is 4.06. The summed E-state index contributed by atoms with van der Waals surface area (Å²) in [4.78, 5) is 33.5. The van der Waals surface area contributed by atoms with Crippen molar-refractivity contribution in [2.24, 2.45) is 5.10 Å². The van der Waals surface area contributed by atoms with Crippen molar-refractivity contribution in [1.82, 2.24) is 5.01 Å². The molecule has 0 saturated carbocycles. The number of hydrogen-bond donors (Lipinski definition) is 0. The molecule has 0 spiro atoms. The van der Waals surface area contributed by atoms with Crippen LogP contribution in [0.5, 0.6) is 0 Å². The van der Waals surface area contributed by atoms with Gasteiger partial charge in [0, 0.05) is 30.2 Å². The summed E-state index contributed by atoms with van der Waals surface area (Å²) in [6, 6.07) is 14.7. The van der Waals surface area contributed by atoms with E-state index in [1.165, 1.54) is 17.1 Å². The summed E-state index contributed by atoms with van der Waals surface area (Å²) in [6.07, 6.45) is 1.87. The lowest BCUT2D eigenvalue weighted by atomic mass is 9.98. The average molecular weight is 364 g/mol. The third-order valence-electron chi connectivity index (χ3n) is 4.07. The number of benzene rings is 2. The first-order valence-electron chi connectivity index (χ1n) is 8.05. The van der Waals surface area contributed by atoms with Gasteiger partial charge in [0.25, 0.3) is 11.6 Å². The highest BCUT2D eigenvalue weighted by Gasteiger charge is 2.32. The zero-order valence-electron chi connectivity index (χ0n) is 14.0. The fraction of sp³-hybridized carbons (Fsp3) is 0.105. The third-order valence-corrected chi connectivity index (χ3v) is 4.07. The van der Waals surface area contributed by atoms with Crippen LogP contribution in [0.3, 0.4) is 0 Å². The monoisotopic (exact) mass is 364 g/mol. The molecule has 27 heavy (non-hydrogen) atoms. The van der Waals surface area contributed by atoms with Gasteiger partial charge in [-0.2, -0.15) is 5.10 Å². The van der Waals surface area contributed by atoms with E-state index in [2.05, 4.69) is 5.10 Å². The number of aliphatic carboxylic acids is 1. The number of carbonyl (C=O) groups is 2. The number of carboxylic acids is 1. The molecule has 2 aromatic carbocycles. The maximum atomic E-state index is 12.4. The van der Waals surface area contributed by atoms with Gasteiger partial charge in [0.1, 0.15) is 0 Å². The van der Waals surface area contributed by atoms with Gasteiger partial charge in [0.15, 0.2) is 0 Å². The Balaban J connectivity index is 1.97. The van der Waals surface area contributed by atoms with E-state index in [0.29, 0.717) is 23.8 Å². The van der Waals surface area contributed by atoms with E-state index in [0.717, 1.165) is 11.6 Å². The quantitative estimate of drug-likeness (QED) is 0.454. The van der Waals surface area contributed by atoms with Gasteiger partial charge in [-0.25, -0.2) is 5.01 Å². The molecular formula is C19H14N3O5-. The fourth-order valence-corrected chi connectivity index (χ4v) is 2.84. The van der Waals surface area contributed by atoms with Crippen LogP contribution in [-0.2, 0) is 9.59 Å². The summed E-state index contributed by atoms with van der Waals surface area (Å²) < 4.78 is 0. The average Bonchev–Trinajstić information content (AvgIpc) is 3.12. The Hall–Kier alpha value is -3.81. The van der Waals surface area contributed by atoms with Crippen LogP contribution in [0.4, 0.5) is 5.69 Å². The van der Waals surface area contributed by atoms with Crippen LogP contribution in [0, 0.1) is 10.1 Å². The predicted molar refractivity (Wildman–Crippen MR) is 94.4 cm³/mol. The smallest absolute Gasteiger partial charge is 0.270 e. The van der Waals surface area contributed by atoms with Crippen LogP contribution in [0.15, 0.2) is 71.9 Å². The lowest BCUT2D eigenvalue weighted by Gasteiger charge is -2.20. The molecule has 0 radical (unpaired) electrons. The second kappa shape index (κ2) is 7.61. The Bertz CT molecular complexity index is 953. The number of carbonyl (C=O) groups excluding carboxylic acids is 2. The molecule has 0 aromatic heterocycles. The maximum Gasteiger partial charge on any atom is 0.270 e.